The second kappa shape index (κ2) is 5.67. The van der Waals surface area contributed by atoms with Crippen LogP contribution in [0.15, 0.2) is 12.5 Å². The normalized spacial score (nSPS) is 16.8. The van der Waals surface area contributed by atoms with Gasteiger partial charge in [0.25, 0.3) is 0 Å². The Balaban J connectivity index is 2.08. The van der Waals surface area contributed by atoms with Gasteiger partial charge in [0, 0.05) is 7.05 Å². The van der Waals surface area contributed by atoms with E-state index in [2.05, 4.69) is 15.3 Å². The first-order valence-corrected chi connectivity index (χ1v) is 7.33. The molecule has 1 N–H and O–H groups in total. The first-order valence-electron chi connectivity index (χ1n) is 7.33. The first-order chi connectivity index (χ1) is 10.2. The molecule has 7 heteroatoms. The van der Waals surface area contributed by atoms with Crippen LogP contribution in [0.5, 0.6) is 0 Å². The van der Waals surface area contributed by atoms with Gasteiger partial charge in [0.2, 0.25) is 0 Å². The van der Waals surface area contributed by atoms with Crippen LogP contribution in [0.4, 0.5) is 0 Å². The minimum Gasteiger partial charge on any atom is -0.476 e. The quantitative estimate of drug-likeness (QED) is 0.876. The number of aryl methyl sites for hydroxylation is 1. The van der Waals surface area contributed by atoms with E-state index >= 15 is 0 Å². The van der Waals surface area contributed by atoms with E-state index in [0.29, 0.717) is 5.69 Å². The summed E-state index contributed by atoms with van der Waals surface area (Å²) in [5.41, 5.74) is 1.30. The number of hydrogen-bond acceptors (Lipinski definition) is 4. The SMILES string of the molecule is Cn1cncc1-c1c(C(=O)O)nnn1C1CCCCCC1. The van der Waals surface area contributed by atoms with Crippen LogP contribution in [0.3, 0.4) is 0 Å². The third kappa shape index (κ3) is 2.55. The van der Waals surface area contributed by atoms with E-state index in [4.69, 9.17) is 0 Å². The summed E-state index contributed by atoms with van der Waals surface area (Å²) in [6.45, 7) is 0. The van der Waals surface area contributed by atoms with Crippen molar-refractivity contribution in [2.24, 2.45) is 7.05 Å². The van der Waals surface area contributed by atoms with Crippen LogP contribution in [0.25, 0.3) is 11.4 Å². The molecule has 1 aliphatic rings. The predicted octanol–water partition coefficient (Wildman–Crippen LogP) is 2.27. The summed E-state index contributed by atoms with van der Waals surface area (Å²) in [4.78, 5) is 15.5. The van der Waals surface area contributed by atoms with Crippen LogP contribution in [0, 0.1) is 0 Å². The predicted molar refractivity (Wildman–Crippen MR) is 75.9 cm³/mol. The van der Waals surface area contributed by atoms with Gasteiger partial charge < -0.3 is 9.67 Å². The van der Waals surface area contributed by atoms with Crippen molar-refractivity contribution in [2.75, 3.05) is 0 Å². The van der Waals surface area contributed by atoms with Crippen LogP contribution in [0.2, 0.25) is 0 Å². The van der Waals surface area contributed by atoms with Gasteiger partial charge in [-0.2, -0.15) is 0 Å². The molecule has 2 aromatic heterocycles. The Morgan fingerprint density at radius 1 is 1.29 bits per heavy atom. The molecule has 112 valence electrons. The fraction of sp³-hybridized carbons (Fsp3) is 0.571. The number of carbonyl (C=O) groups is 1. The fourth-order valence-electron chi connectivity index (χ4n) is 3.02. The van der Waals surface area contributed by atoms with E-state index in [1.807, 2.05) is 7.05 Å². The molecule has 0 aromatic carbocycles. The monoisotopic (exact) mass is 289 g/mol. The molecule has 0 saturated heterocycles. The molecule has 1 aliphatic carbocycles. The Hall–Kier alpha value is -2.18. The van der Waals surface area contributed by atoms with E-state index in [1.165, 1.54) is 12.8 Å². The Labute approximate surface area is 122 Å². The first kappa shape index (κ1) is 13.8. The maximum absolute atomic E-state index is 11.4. The molecule has 0 atom stereocenters. The number of aromatic carboxylic acids is 1. The number of carboxylic acid groups (broad SMARTS) is 1. The third-order valence-electron chi connectivity index (χ3n) is 4.13. The van der Waals surface area contributed by atoms with Crippen LogP contribution in [0.1, 0.15) is 55.1 Å². The molecule has 21 heavy (non-hydrogen) atoms. The van der Waals surface area contributed by atoms with Crippen molar-refractivity contribution in [1.82, 2.24) is 24.5 Å². The Morgan fingerprint density at radius 3 is 2.57 bits per heavy atom. The molecule has 0 amide bonds. The molecule has 1 fully saturated rings. The highest BCUT2D eigenvalue weighted by Crippen LogP contribution is 2.32. The summed E-state index contributed by atoms with van der Waals surface area (Å²) in [5, 5.41) is 17.4. The van der Waals surface area contributed by atoms with Gasteiger partial charge in [-0.15, -0.1) is 5.10 Å². The smallest absolute Gasteiger partial charge is 0.358 e. The summed E-state index contributed by atoms with van der Waals surface area (Å²) in [5.74, 6) is -1.05. The van der Waals surface area contributed by atoms with E-state index in [-0.39, 0.29) is 11.7 Å². The third-order valence-corrected chi connectivity index (χ3v) is 4.13. The number of aromatic nitrogens is 5. The molecule has 0 bridgehead atoms. The van der Waals surface area contributed by atoms with Gasteiger partial charge in [0.1, 0.15) is 5.69 Å². The molecule has 0 unspecified atom stereocenters. The van der Waals surface area contributed by atoms with Crippen molar-refractivity contribution in [3.8, 4) is 11.4 Å². The lowest BCUT2D eigenvalue weighted by Gasteiger charge is -2.17. The van der Waals surface area contributed by atoms with Gasteiger partial charge >= 0.3 is 5.97 Å². The lowest BCUT2D eigenvalue weighted by molar-refractivity contribution is 0.0691. The van der Waals surface area contributed by atoms with Gasteiger partial charge in [0.05, 0.1) is 24.3 Å². The molecule has 7 nitrogen and oxygen atoms in total. The highest BCUT2D eigenvalue weighted by atomic mass is 16.4. The minimum atomic E-state index is -1.05. The minimum absolute atomic E-state index is 0.00264. The van der Waals surface area contributed by atoms with E-state index < -0.39 is 5.97 Å². The van der Waals surface area contributed by atoms with Gasteiger partial charge in [0.15, 0.2) is 5.69 Å². The topological polar surface area (TPSA) is 85.8 Å². The highest BCUT2D eigenvalue weighted by molar-refractivity contribution is 5.92. The van der Waals surface area contributed by atoms with E-state index in [0.717, 1.165) is 31.4 Å². The standard InChI is InChI=1S/C14H19N5O2/c1-18-9-15-8-11(18)13-12(14(20)21)16-17-19(13)10-6-4-2-3-5-7-10/h8-10H,2-7H2,1H3,(H,20,21). The summed E-state index contributed by atoms with van der Waals surface area (Å²) >= 11 is 0. The van der Waals surface area contributed by atoms with E-state index in [1.54, 1.807) is 21.8 Å². The highest BCUT2D eigenvalue weighted by Gasteiger charge is 2.27. The van der Waals surface area contributed by atoms with Gasteiger partial charge in [-0.25, -0.2) is 14.5 Å². The zero-order valence-corrected chi connectivity index (χ0v) is 12.1. The van der Waals surface area contributed by atoms with Crippen molar-refractivity contribution >= 4 is 5.97 Å². The zero-order chi connectivity index (χ0) is 14.8. The largest absolute Gasteiger partial charge is 0.476 e. The molecular formula is C14H19N5O2. The van der Waals surface area contributed by atoms with E-state index in [9.17, 15) is 9.90 Å². The second-order valence-corrected chi connectivity index (χ2v) is 5.57. The molecular weight excluding hydrogens is 270 g/mol. The summed E-state index contributed by atoms with van der Waals surface area (Å²) in [6.07, 6.45) is 10.1. The lowest BCUT2D eigenvalue weighted by Crippen LogP contribution is -2.13. The van der Waals surface area contributed by atoms with Crippen LogP contribution < -0.4 is 0 Å². The maximum Gasteiger partial charge on any atom is 0.358 e. The summed E-state index contributed by atoms with van der Waals surface area (Å²) < 4.78 is 3.60. The van der Waals surface area contributed by atoms with Gasteiger partial charge in [-0.3, -0.25) is 0 Å². The van der Waals surface area contributed by atoms with Crippen molar-refractivity contribution in [1.29, 1.82) is 0 Å². The number of carboxylic acids is 1. The van der Waals surface area contributed by atoms with Gasteiger partial charge in [-0.1, -0.05) is 30.9 Å². The summed E-state index contributed by atoms with van der Waals surface area (Å²) in [7, 11) is 1.85. The van der Waals surface area contributed by atoms with Crippen LogP contribution in [-0.2, 0) is 7.05 Å². The lowest BCUT2D eigenvalue weighted by atomic mass is 10.1. The van der Waals surface area contributed by atoms with Crippen LogP contribution >= 0.6 is 0 Å². The fourth-order valence-corrected chi connectivity index (χ4v) is 3.02. The summed E-state index contributed by atoms with van der Waals surface area (Å²) in [6, 6.07) is 0.220. The van der Waals surface area contributed by atoms with Gasteiger partial charge in [-0.05, 0) is 12.8 Å². The second-order valence-electron chi connectivity index (χ2n) is 5.57. The number of hydrogen-bond donors (Lipinski definition) is 1. The van der Waals surface area contributed by atoms with Crippen molar-refractivity contribution in [3.05, 3.63) is 18.2 Å². The Morgan fingerprint density at radius 2 is 2.00 bits per heavy atom. The maximum atomic E-state index is 11.4. The molecule has 0 radical (unpaired) electrons. The molecule has 2 aromatic rings. The molecule has 1 saturated carbocycles. The molecule has 0 aliphatic heterocycles. The van der Waals surface area contributed by atoms with Crippen LogP contribution in [-0.4, -0.2) is 35.6 Å². The molecule has 2 heterocycles. The number of rotatable bonds is 3. The average Bonchev–Trinajstić information content (AvgIpc) is 2.97. The zero-order valence-electron chi connectivity index (χ0n) is 12.1. The average molecular weight is 289 g/mol. The number of nitrogens with zero attached hydrogens (tertiary/aromatic N) is 5. The Bertz CT molecular complexity index is 638. The van der Waals surface area contributed by atoms with Crippen molar-refractivity contribution < 1.29 is 9.90 Å². The van der Waals surface area contributed by atoms with Crippen molar-refractivity contribution in [2.45, 2.75) is 44.6 Å². The molecule has 3 rings (SSSR count). The Kier molecular flexibility index (Phi) is 3.72. The number of imidazole rings is 1. The molecule has 0 spiro atoms. The van der Waals surface area contributed by atoms with Crippen molar-refractivity contribution in [3.63, 3.8) is 0 Å².